The fourth-order valence-electron chi connectivity index (χ4n) is 3.34. The lowest BCUT2D eigenvalue weighted by molar-refractivity contribution is 0.0973. The van der Waals surface area contributed by atoms with Crippen molar-refractivity contribution in [3.05, 3.63) is 65.4 Å². The molecule has 7 nitrogen and oxygen atoms in total. The molecule has 1 atom stereocenters. The van der Waals surface area contributed by atoms with Gasteiger partial charge < -0.3 is 20.6 Å². The molecule has 0 saturated heterocycles. The van der Waals surface area contributed by atoms with Crippen molar-refractivity contribution in [3.8, 4) is 17.1 Å². The average Bonchev–Trinajstić information content (AvgIpc) is 3.32. The highest BCUT2D eigenvalue weighted by molar-refractivity contribution is 5.94. The van der Waals surface area contributed by atoms with E-state index in [1.807, 2.05) is 55.5 Å². The molecule has 5 N–H and O–H groups in total. The number of hydrogen-bond donors (Lipinski definition) is 3. The van der Waals surface area contributed by atoms with Gasteiger partial charge in [-0.2, -0.15) is 5.10 Å². The van der Waals surface area contributed by atoms with Gasteiger partial charge >= 0.3 is 0 Å². The van der Waals surface area contributed by atoms with Gasteiger partial charge in [-0.25, -0.2) is 0 Å². The predicted octanol–water partition coefficient (Wildman–Crippen LogP) is 3.66. The monoisotopic (exact) mass is 376 g/mol. The largest absolute Gasteiger partial charge is 0.497 e. The number of aromatic amines is 1. The lowest BCUT2D eigenvalue weighted by Crippen LogP contribution is -2.13. The molecule has 0 radical (unpaired) electrons. The molecule has 2 heterocycles. The standard InChI is InChI=1S/C21H20N4O3/c1-11(12-4-3-5-14(8-12)27-2)15-10-18(28-19(15)21(23)26)13-6-7-17-16(9-13)20(22)25-24-17/h3-11H,1-2H3,(H2,23,26)(H3,22,24,25)/t11-/m1/s1. The summed E-state index contributed by atoms with van der Waals surface area (Å²) in [6, 6.07) is 15.2. The van der Waals surface area contributed by atoms with Crippen molar-refractivity contribution in [1.82, 2.24) is 10.2 Å². The maximum atomic E-state index is 12.0. The number of aromatic nitrogens is 2. The summed E-state index contributed by atoms with van der Waals surface area (Å²) in [5.74, 6) is 1.11. The number of furan rings is 1. The van der Waals surface area contributed by atoms with E-state index in [0.29, 0.717) is 11.6 Å². The molecule has 4 rings (SSSR count). The Bertz CT molecular complexity index is 1180. The first-order valence-corrected chi connectivity index (χ1v) is 8.79. The number of fused-ring (bicyclic) bond motifs is 1. The van der Waals surface area contributed by atoms with E-state index in [2.05, 4.69) is 10.2 Å². The molecule has 0 aliphatic carbocycles. The van der Waals surface area contributed by atoms with Crippen molar-refractivity contribution in [2.45, 2.75) is 12.8 Å². The minimum absolute atomic E-state index is 0.113. The van der Waals surface area contributed by atoms with Gasteiger partial charge in [0.15, 0.2) is 11.6 Å². The first-order chi connectivity index (χ1) is 13.5. The molecule has 0 spiro atoms. The topological polar surface area (TPSA) is 120 Å². The van der Waals surface area contributed by atoms with Crippen LogP contribution in [0.3, 0.4) is 0 Å². The number of ether oxygens (including phenoxy) is 1. The van der Waals surface area contributed by atoms with Crippen molar-refractivity contribution >= 4 is 22.6 Å². The summed E-state index contributed by atoms with van der Waals surface area (Å²) in [4.78, 5) is 12.0. The molecule has 0 fully saturated rings. The lowest BCUT2D eigenvalue weighted by Gasteiger charge is -2.12. The number of primary amides is 1. The lowest BCUT2D eigenvalue weighted by atomic mass is 9.92. The summed E-state index contributed by atoms with van der Waals surface area (Å²) in [5.41, 5.74) is 14.8. The van der Waals surface area contributed by atoms with E-state index in [4.69, 9.17) is 20.6 Å². The van der Waals surface area contributed by atoms with Crippen molar-refractivity contribution in [1.29, 1.82) is 0 Å². The van der Waals surface area contributed by atoms with E-state index in [-0.39, 0.29) is 11.7 Å². The minimum Gasteiger partial charge on any atom is -0.497 e. The fourth-order valence-corrected chi connectivity index (χ4v) is 3.34. The molecule has 0 aliphatic rings. The Morgan fingerprint density at radius 1 is 1.21 bits per heavy atom. The normalized spacial score (nSPS) is 12.2. The number of carbonyl (C=O) groups is 1. The maximum Gasteiger partial charge on any atom is 0.284 e. The van der Waals surface area contributed by atoms with Gasteiger partial charge in [-0.3, -0.25) is 9.89 Å². The number of nitrogens with zero attached hydrogens (tertiary/aromatic N) is 1. The number of anilines is 1. The number of nitrogens with two attached hydrogens (primary N) is 2. The van der Waals surface area contributed by atoms with Crippen LogP contribution in [0.1, 0.15) is 34.5 Å². The van der Waals surface area contributed by atoms with Gasteiger partial charge in [0.25, 0.3) is 5.91 Å². The molecule has 0 unspecified atom stereocenters. The zero-order valence-electron chi connectivity index (χ0n) is 15.5. The van der Waals surface area contributed by atoms with E-state index in [0.717, 1.165) is 33.3 Å². The van der Waals surface area contributed by atoms with Crippen LogP contribution >= 0.6 is 0 Å². The molecular weight excluding hydrogens is 356 g/mol. The zero-order chi connectivity index (χ0) is 19.8. The molecule has 1 amide bonds. The summed E-state index contributed by atoms with van der Waals surface area (Å²) in [6.45, 7) is 1.99. The van der Waals surface area contributed by atoms with E-state index in [1.165, 1.54) is 0 Å². The van der Waals surface area contributed by atoms with Gasteiger partial charge in [0.05, 0.1) is 12.6 Å². The van der Waals surface area contributed by atoms with Crippen molar-refractivity contribution in [2.75, 3.05) is 12.8 Å². The highest BCUT2D eigenvalue weighted by Crippen LogP contribution is 2.35. The first-order valence-electron chi connectivity index (χ1n) is 8.79. The Hall–Kier alpha value is -3.74. The van der Waals surface area contributed by atoms with Gasteiger partial charge in [-0.05, 0) is 42.0 Å². The predicted molar refractivity (Wildman–Crippen MR) is 107 cm³/mol. The van der Waals surface area contributed by atoms with Crippen LogP contribution in [0.4, 0.5) is 5.82 Å². The van der Waals surface area contributed by atoms with Crippen LogP contribution in [-0.2, 0) is 0 Å². The van der Waals surface area contributed by atoms with Crippen molar-refractivity contribution < 1.29 is 13.9 Å². The number of nitrogen functional groups attached to an aromatic ring is 1. The summed E-state index contributed by atoms with van der Waals surface area (Å²) in [6.07, 6.45) is 0. The number of H-pyrrole nitrogens is 1. The smallest absolute Gasteiger partial charge is 0.284 e. The molecular formula is C21H20N4O3. The number of nitrogens with one attached hydrogen (secondary N) is 1. The number of hydrogen-bond acceptors (Lipinski definition) is 5. The van der Waals surface area contributed by atoms with E-state index < -0.39 is 5.91 Å². The van der Waals surface area contributed by atoms with Gasteiger partial charge in [0.2, 0.25) is 0 Å². The van der Waals surface area contributed by atoms with Crippen LogP contribution in [0.25, 0.3) is 22.2 Å². The number of rotatable bonds is 5. The molecule has 7 heteroatoms. The van der Waals surface area contributed by atoms with Crippen LogP contribution in [0, 0.1) is 0 Å². The third-order valence-corrected chi connectivity index (χ3v) is 4.92. The molecule has 28 heavy (non-hydrogen) atoms. The highest BCUT2D eigenvalue weighted by Gasteiger charge is 2.23. The number of carbonyl (C=O) groups excluding carboxylic acids is 1. The van der Waals surface area contributed by atoms with Gasteiger partial charge in [0.1, 0.15) is 11.5 Å². The molecule has 0 bridgehead atoms. The first kappa shape index (κ1) is 17.7. The Kier molecular flexibility index (Phi) is 4.27. The molecule has 4 aromatic rings. The summed E-state index contributed by atoms with van der Waals surface area (Å²) in [7, 11) is 1.62. The number of methoxy groups -OCH3 is 1. The molecule has 142 valence electrons. The Morgan fingerprint density at radius 2 is 2.04 bits per heavy atom. The Morgan fingerprint density at radius 3 is 2.79 bits per heavy atom. The van der Waals surface area contributed by atoms with Crippen LogP contribution in [-0.4, -0.2) is 23.2 Å². The summed E-state index contributed by atoms with van der Waals surface area (Å²) in [5, 5.41) is 7.65. The SMILES string of the molecule is COc1cccc([C@@H](C)c2cc(-c3ccc4[nH]nc(N)c4c3)oc2C(N)=O)c1. The van der Waals surface area contributed by atoms with Crippen molar-refractivity contribution in [2.24, 2.45) is 5.73 Å². The van der Waals surface area contributed by atoms with E-state index in [1.54, 1.807) is 7.11 Å². The third kappa shape index (κ3) is 2.96. The average molecular weight is 376 g/mol. The molecule has 2 aromatic carbocycles. The van der Waals surface area contributed by atoms with E-state index >= 15 is 0 Å². The zero-order valence-corrected chi connectivity index (χ0v) is 15.5. The van der Waals surface area contributed by atoms with Crippen LogP contribution < -0.4 is 16.2 Å². The second kappa shape index (κ2) is 6.77. The Balaban J connectivity index is 1.80. The molecule has 2 aromatic heterocycles. The number of amides is 1. The quantitative estimate of drug-likeness (QED) is 0.491. The highest BCUT2D eigenvalue weighted by atomic mass is 16.5. The van der Waals surface area contributed by atoms with Gasteiger partial charge in [0, 0.05) is 22.4 Å². The number of benzene rings is 2. The fraction of sp³-hybridized carbons (Fsp3) is 0.143. The second-order valence-corrected chi connectivity index (χ2v) is 6.63. The summed E-state index contributed by atoms with van der Waals surface area (Å²) < 4.78 is 11.2. The van der Waals surface area contributed by atoms with E-state index in [9.17, 15) is 4.79 Å². The van der Waals surface area contributed by atoms with Gasteiger partial charge in [-0.1, -0.05) is 19.1 Å². The van der Waals surface area contributed by atoms with Crippen molar-refractivity contribution in [3.63, 3.8) is 0 Å². The van der Waals surface area contributed by atoms with Crippen LogP contribution in [0.5, 0.6) is 5.75 Å². The van der Waals surface area contributed by atoms with Crippen LogP contribution in [0.15, 0.2) is 52.9 Å². The maximum absolute atomic E-state index is 12.0. The second-order valence-electron chi connectivity index (χ2n) is 6.63. The van der Waals surface area contributed by atoms with Gasteiger partial charge in [-0.15, -0.1) is 0 Å². The minimum atomic E-state index is -0.611. The van der Waals surface area contributed by atoms with Crippen LogP contribution in [0.2, 0.25) is 0 Å². The molecule has 0 saturated carbocycles. The molecule has 0 aliphatic heterocycles. The summed E-state index contributed by atoms with van der Waals surface area (Å²) >= 11 is 0. The third-order valence-electron chi connectivity index (χ3n) is 4.92. The Labute approximate surface area is 161 Å².